The Morgan fingerprint density at radius 2 is 2.07 bits per heavy atom. The second kappa shape index (κ2) is 2.87. The fraction of sp³-hybridized carbons (Fsp3) is 0.182. The molecule has 0 aliphatic rings. The molecule has 1 heterocycles. The molecule has 0 fully saturated rings. The summed E-state index contributed by atoms with van der Waals surface area (Å²) in [5.41, 5.74) is 3.12. The zero-order chi connectivity index (χ0) is 10.3. The van der Waals surface area contributed by atoms with E-state index in [-0.39, 0.29) is 0 Å². The molecule has 14 heavy (non-hydrogen) atoms. The number of rotatable bonds is 1. The number of carbonyl (C=O) groups is 1. The molecule has 0 saturated heterocycles. The van der Waals surface area contributed by atoms with Crippen molar-refractivity contribution in [3.8, 4) is 0 Å². The minimum Gasteiger partial charge on any atom is -0.478 e. The van der Waals surface area contributed by atoms with E-state index >= 15 is 0 Å². The Balaban J connectivity index is 2.80. The van der Waals surface area contributed by atoms with E-state index in [1.807, 2.05) is 26.0 Å². The van der Waals surface area contributed by atoms with Gasteiger partial charge >= 0.3 is 5.97 Å². The van der Waals surface area contributed by atoms with E-state index in [9.17, 15) is 4.79 Å². The van der Waals surface area contributed by atoms with E-state index in [4.69, 9.17) is 5.11 Å². The van der Waals surface area contributed by atoms with Gasteiger partial charge in [0.25, 0.3) is 0 Å². The summed E-state index contributed by atoms with van der Waals surface area (Å²) in [5.74, 6) is -0.878. The predicted molar refractivity (Wildman–Crippen MR) is 54.7 cm³/mol. The number of benzene rings is 1. The maximum absolute atomic E-state index is 10.9. The highest BCUT2D eigenvalue weighted by Gasteiger charge is 2.10. The number of hydrogen-bond donors (Lipinski definition) is 2. The molecule has 2 N–H and O–H groups in total. The molecule has 0 amide bonds. The van der Waals surface area contributed by atoms with E-state index < -0.39 is 5.97 Å². The summed E-state index contributed by atoms with van der Waals surface area (Å²) in [6, 6.07) is 5.48. The first-order chi connectivity index (χ1) is 6.59. The Hall–Kier alpha value is -1.77. The highest BCUT2D eigenvalue weighted by atomic mass is 16.4. The van der Waals surface area contributed by atoms with Crippen molar-refractivity contribution < 1.29 is 9.90 Å². The molecular formula is C11H11NO2. The molecule has 0 aliphatic heterocycles. The number of hydrogen-bond acceptors (Lipinski definition) is 1. The van der Waals surface area contributed by atoms with Gasteiger partial charge in [0.2, 0.25) is 0 Å². The van der Waals surface area contributed by atoms with Crippen LogP contribution >= 0.6 is 0 Å². The monoisotopic (exact) mass is 189 g/mol. The van der Waals surface area contributed by atoms with Gasteiger partial charge in [-0.25, -0.2) is 4.79 Å². The molecular weight excluding hydrogens is 178 g/mol. The summed E-state index contributed by atoms with van der Waals surface area (Å²) in [5, 5.41) is 9.98. The molecule has 0 atom stereocenters. The molecule has 2 aromatic rings. The smallest absolute Gasteiger partial charge is 0.336 e. The van der Waals surface area contributed by atoms with Crippen LogP contribution in [0.15, 0.2) is 18.2 Å². The van der Waals surface area contributed by atoms with E-state index in [1.54, 1.807) is 6.07 Å². The Labute approximate surface area is 81.4 Å². The number of fused-ring (bicyclic) bond motifs is 1. The molecule has 0 spiro atoms. The summed E-state index contributed by atoms with van der Waals surface area (Å²) in [7, 11) is 0. The van der Waals surface area contributed by atoms with E-state index in [2.05, 4.69) is 4.98 Å². The zero-order valence-electron chi connectivity index (χ0n) is 8.09. The molecule has 1 aromatic carbocycles. The first-order valence-electron chi connectivity index (χ1n) is 4.42. The summed E-state index contributed by atoms with van der Waals surface area (Å²) >= 11 is 0. The van der Waals surface area contributed by atoms with Crippen LogP contribution in [0.5, 0.6) is 0 Å². The van der Waals surface area contributed by atoms with Crippen LogP contribution in [0.1, 0.15) is 21.6 Å². The van der Waals surface area contributed by atoms with E-state index in [1.165, 1.54) is 0 Å². The Bertz CT molecular complexity index is 511. The van der Waals surface area contributed by atoms with Crippen molar-refractivity contribution in [3.63, 3.8) is 0 Å². The zero-order valence-corrected chi connectivity index (χ0v) is 8.09. The van der Waals surface area contributed by atoms with Crippen LogP contribution in [0, 0.1) is 13.8 Å². The van der Waals surface area contributed by atoms with Gasteiger partial charge in [0.05, 0.1) is 5.56 Å². The second-order valence-corrected chi connectivity index (χ2v) is 3.46. The van der Waals surface area contributed by atoms with Crippen molar-refractivity contribution in [2.75, 3.05) is 0 Å². The number of aromatic amines is 1. The Morgan fingerprint density at radius 3 is 2.71 bits per heavy atom. The lowest BCUT2D eigenvalue weighted by Crippen LogP contribution is -1.99. The SMILES string of the molecule is Cc1cc2ccc(C(=O)O)c(C)c2[nH]1. The average Bonchev–Trinajstić information content (AvgIpc) is 2.46. The fourth-order valence-electron chi connectivity index (χ4n) is 1.72. The maximum atomic E-state index is 10.9. The molecule has 72 valence electrons. The van der Waals surface area contributed by atoms with Crippen molar-refractivity contribution in [1.82, 2.24) is 4.98 Å². The van der Waals surface area contributed by atoms with Crippen LogP contribution < -0.4 is 0 Å². The second-order valence-electron chi connectivity index (χ2n) is 3.46. The third kappa shape index (κ3) is 1.18. The standard InChI is InChI=1S/C11H11NO2/c1-6-5-8-3-4-9(11(13)14)7(2)10(8)12-6/h3-5,12H,1-2H3,(H,13,14). The fourth-order valence-corrected chi connectivity index (χ4v) is 1.72. The number of nitrogens with one attached hydrogen (secondary N) is 1. The van der Waals surface area contributed by atoms with Gasteiger partial charge in [-0.1, -0.05) is 6.07 Å². The third-order valence-electron chi connectivity index (χ3n) is 2.42. The summed E-state index contributed by atoms with van der Waals surface area (Å²) in [6.45, 7) is 3.78. The average molecular weight is 189 g/mol. The van der Waals surface area contributed by atoms with Gasteiger partial charge in [0, 0.05) is 11.2 Å². The van der Waals surface area contributed by atoms with Gasteiger partial charge < -0.3 is 10.1 Å². The quantitative estimate of drug-likeness (QED) is 0.724. The molecule has 0 unspecified atom stereocenters. The molecule has 3 nitrogen and oxygen atoms in total. The first-order valence-corrected chi connectivity index (χ1v) is 4.42. The summed E-state index contributed by atoms with van der Waals surface area (Å²) < 4.78 is 0. The lowest BCUT2D eigenvalue weighted by molar-refractivity contribution is 0.0696. The van der Waals surface area contributed by atoms with Crippen LogP contribution in [-0.4, -0.2) is 16.1 Å². The lowest BCUT2D eigenvalue weighted by Gasteiger charge is -2.01. The van der Waals surface area contributed by atoms with Crippen molar-refractivity contribution in [1.29, 1.82) is 0 Å². The van der Waals surface area contributed by atoms with Gasteiger partial charge in [-0.2, -0.15) is 0 Å². The summed E-state index contributed by atoms with van der Waals surface area (Å²) in [6.07, 6.45) is 0. The van der Waals surface area contributed by atoms with Gasteiger partial charge in [-0.15, -0.1) is 0 Å². The number of carboxylic acid groups (broad SMARTS) is 1. The van der Waals surface area contributed by atoms with Crippen LogP contribution in [0.2, 0.25) is 0 Å². The molecule has 0 bridgehead atoms. The third-order valence-corrected chi connectivity index (χ3v) is 2.42. The molecule has 0 radical (unpaired) electrons. The number of carboxylic acids is 1. The first kappa shape index (κ1) is 8.81. The van der Waals surface area contributed by atoms with Gasteiger partial charge in [0.15, 0.2) is 0 Å². The van der Waals surface area contributed by atoms with Crippen molar-refractivity contribution >= 4 is 16.9 Å². The Morgan fingerprint density at radius 1 is 1.36 bits per heavy atom. The van der Waals surface area contributed by atoms with Crippen LogP contribution in [0.4, 0.5) is 0 Å². The highest BCUT2D eigenvalue weighted by molar-refractivity contribution is 5.96. The molecule has 0 aliphatic carbocycles. The van der Waals surface area contributed by atoms with Gasteiger partial charge in [0.1, 0.15) is 0 Å². The number of aromatic nitrogens is 1. The molecule has 2 rings (SSSR count). The van der Waals surface area contributed by atoms with Crippen LogP contribution in [0.25, 0.3) is 10.9 Å². The van der Waals surface area contributed by atoms with Crippen LogP contribution in [0.3, 0.4) is 0 Å². The molecule has 0 saturated carbocycles. The van der Waals surface area contributed by atoms with Crippen LogP contribution in [-0.2, 0) is 0 Å². The summed E-state index contributed by atoms with van der Waals surface area (Å²) in [4.78, 5) is 14.0. The number of aromatic carboxylic acids is 1. The molecule has 3 heteroatoms. The van der Waals surface area contributed by atoms with Crippen molar-refractivity contribution in [2.24, 2.45) is 0 Å². The maximum Gasteiger partial charge on any atom is 0.336 e. The van der Waals surface area contributed by atoms with Gasteiger partial charge in [-0.05, 0) is 36.9 Å². The largest absolute Gasteiger partial charge is 0.478 e. The lowest BCUT2D eigenvalue weighted by atomic mass is 10.1. The van der Waals surface area contributed by atoms with E-state index in [0.717, 1.165) is 22.2 Å². The highest BCUT2D eigenvalue weighted by Crippen LogP contribution is 2.21. The Kier molecular flexibility index (Phi) is 1.81. The normalized spacial score (nSPS) is 10.7. The van der Waals surface area contributed by atoms with Crippen molar-refractivity contribution in [2.45, 2.75) is 13.8 Å². The van der Waals surface area contributed by atoms with Crippen molar-refractivity contribution in [3.05, 3.63) is 35.0 Å². The number of aryl methyl sites for hydroxylation is 2. The predicted octanol–water partition coefficient (Wildman–Crippen LogP) is 2.48. The van der Waals surface area contributed by atoms with Gasteiger partial charge in [-0.3, -0.25) is 0 Å². The topological polar surface area (TPSA) is 53.1 Å². The number of H-pyrrole nitrogens is 1. The minimum atomic E-state index is -0.878. The minimum absolute atomic E-state index is 0.361. The molecule has 1 aromatic heterocycles. The van der Waals surface area contributed by atoms with E-state index in [0.29, 0.717) is 5.56 Å².